The lowest BCUT2D eigenvalue weighted by Crippen LogP contribution is -2.26. The molecule has 11 heteroatoms. The van der Waals surface area contributed by atoms with Crippen molar-refractivity contribution >= 4 is 44.2 Å². The van der Waals surface area contributed by atoms with Gasteiger partial charge in [0.2, 0.25) is 0 Å². The van der Waals surface area contributed by atoms with E-state index < -0.39 is 28.3 Å². The number of aromatic nitrogens is 3. The van der Waals surface area contributed by atoms with E-state index in [0.717, 1.165) is 4.68 Å². The third-order valence-electron chi connectivity index (χ3n) is 4.46. The summed E-state index contributed by atoms with van der Waals surface area (Å²) >= 11 is 5.81. The van der Waals surface area contributed by atoms with Gasteiger partial charge in [0.25, 0.3) is 15.6 Å². The van der Waals surface area contributed by atoms with Gasteiger partial charge in [0.05, 0.1) is 21.5 Å². The average Bonchev–Trinajstić information content (AvgIpc) is 2.79. The molecule has 4 aromatic rings. The Labute approximate surface area is 187 Å². The number of fused-ring (bicyclic) bond motifs is 1. The number of ether oxygens (including phenoxy) is 1. The van der Waals surface area contributed by atoms with Crippen molar-refractivity contribution in [3.63, 3.8) is 0 Å². The number of halogens is 1. The first kappa shape index (κ1) is 21.5. The highest BCUT2D eigenvalue weighted by Crippen LogP contribution is 2.22. The Balaban J connectivity index is 1.55. The van der Waals surface area contributed by atoms with Gasteiger partial charge in [-0.1, -0.05) is 41.1 Å². The number of anilines is 1. The van der Waals surface area contributed by atoms with Crippen LogP contribution in [0.4, 0.5) is 5.69 Å². The third kappa shape index (κ3) is 4.46. The normalized spacial score (nSPS) is 11.3. The molecule has 0 aliphatic carbocycles. The summed E-state index contributed by atoms with van der Waals surface area (Å²) in [7, 11) is -3.98. The predicted molar refractivity (Wildman–Crippen MR) is 118 cm³/mol. The Morgan fingerprint density at radius 2 is 1.69 bits per heavy atom. The minimum atomic E-state index is -3.98. The summed E-state index contributed by atoms with van der Waals surface area (Å²) in [6.07, 6.45) is 0. The first-order chi connectivity index (χ1) is 15.3. The lowest BCUT2D eigenvalue weighted by Gasteiger charge is -2.12. The number of benzene rings is 3. The van der Waals surface area contributed by atoms with Gasteiger partial charge in [-0.05, 0) is 48.5 Å². The standard InChI is InChI=1S/C21H15ClN4O5S/c22-14-9-11-15(12-10-14)32(29,30)24-19-8-4-2-6-17(19)21(28)31-13-26-20(27)16-5-1-3-7-18(16)23-25-26/h1-12,24H,13H2. The topological polar surface area (TPSA) is 120 Å². The van der Waals surface area contributed by atoms with E-state index in [-0.39, 0.29) is 16.1 Å². The van der Waals surface area contributed by atoms with Crippen LogP contribution in [0.1, 0.15) is 10.4 Å². The van der Waals surface area contributed by atoms with Gasteiger partial charge in [-0.25, -0.2) is 13.2 Å². The highest BCUT2D eigenvalue weighted by atomic mass is 35.5. The number of esters is 1. The monoisotopic (exact) mass is 470 g/mol. The number of carbonyl (C=O) groups excluding carboxylic acids is 1. The van der Waals surface area contributed by atoms with Crippen molar-refractivity contribution in [1.29, 1.82) is 0 Å². The quantitative estimate of drug-likeness (QED) is 0.430. The molecule has 0 spiro atoms. The second-order valence-electron chi connectivity index (χ2n) is 6.58. The second-order valence-corrected chi connectivity index (χ2v) is 8.70. The highest BCUT2D eigenvalue weighted by molar-refractivity contribution is 7.92. The largest absolute Gasteiger partial charge is 0.438 e. The first-order valence-electron chi connectivity index (χ1n) is 9.22. The van der Waals surface area contributed by atoms with Crippen molar-refractivity contribution in [1.82, 2.24) is 15.0 Å². The van der Waals surface area contributed by atoms with Gasteiger partial charge in [0, 0.05) is 5.02 Å². The minimum absolute atomic E-state index is 0.0180. The van der Waals surface area contributed by atoms with Crippen molar-refractivity contribution < 1.29 is 17.9 Å². The molecular formula is C21H15ClN4O5S. The summed E-state index contributed by atoms with van der Waals surface area (Å²) in [6, 6.07) is 18.2. The number of carbonyl (C=O) groups is 1. The maximum Gasteiger partial charge on any atom is 0.342 e. The number of sulfonamides is 1. The number of hydrogen-bond donors (Lipinski definition) is 1. The van der Waals surface area contributed by atoms with E-state index in [0.29, 0.717) is 15.9 Å². The fraction of sp³-hybridized carbons (Fsp3) is 0.0476. The van der Waals surface area contributed by atoms with E-state index in [2.05, 4.69) is 15.0 Å². The number of hydrogen-bond acceptors (Lipinski definition) is 7. The van der Waals surface area contributed by atoms with E-state index in [1.165, 1.54) is 36.4 Å². The zero-order chi connectivity index (χ0) is 22.7. The minimum Gasteiger partial charge on any atom is -0.438 e. The van der Waals surface area contributed by atoms with Crippen molar-refractivity contribution in [2.24, 2.45) is 0 Å². The molecular weight excluding hydrogens is 456 g/mol. The Morgan fingerprint density at radius 3 is 2.47 bits per heavy atom. The van der Waals surface area contributed by atoms with Gasteiger partial charge in [0.1, 0.15) is 5.52 Å². The molecule has 1 heterocycles. The highest BCUT2D eigenvalue weighted by Gasteiger charge is 2.20. The van der Waals surface area contributed by atoms with Gasteiger partial charge in [-0.15, -0.1) is 5.10 Å². The van der Waals surface area contributed by atoms with Gasteiger partial charge < -0.3 is 4.74 Å². The zero-order valence-electron chi connectivity index (χ0n) is 16.3. The van der Waals surface area contributed by atoms with Crippen molar-refractivity contribution in [2.75, 3.05) is 4.72 Å². The van der Waals surface area contributed by atoms with E-state index in [9.17, 15) is 18.0 Å². The summed E-state index contributed by atoms with van der Waals surface area (Å²) < 4.78 is 33.8. The molecule has 32 heavy (non-hydrogen) atoms. The van der Waals surface area contributed by atoms with Crippen LogP contribution in [0, 0.1) is 0 Å². The fourth-order valence-corrected chi connectivity index (χ4v) is 4.08. The number of nitrogens with one attached hydrogen (secondary N) is 1. The van der Waals surface area contributed by atoms with Gasteiger partial charge >= 0.3 is 5.97 Å². The summed E-state index contributed by atoms with van der Waals surface area (Å²) in [6.45, 7) is -0.492. The van der Waals surface area contributed by atoms with Crippen LogP contribution < -0.4 is 10.3 Å². The van der Waals surface area contributed by atoms with Crippen LogP contribution in [0.25, 0.3) is 10.9 Å². The van der Waals surface area contributed by atoms with Crippen LogP contribution in [0.15, 0.2) is 82.5 Å². The molecule has 0 saturated heterocycles. The Morgan fingerprint density at radius 1 is 1.00 bits per heavy atom. The Bertz CT molecular complexity index is 1470. The van der Waals surface area contributed by atoms with E-state index in [1.54, 1.807) is 36.4 Å². The Kier molecular flexibility index (Phi) is 5.89. The third-order valence-corrected chi connectivity index (χ3v) is 6.10. The zero-order valence-corrected chi connectivity index (χ0v) is 17.9. The molecule has 4 rings (SSSR count). The molecule has 0 aliphatic rings. The fourth-order valence-electron chi connectivity index (χ4n) is 2.87. The summed E-state index contributed by atoms with van der Waals surface area (Å²) in [5.74, 6) is -0.846. The summed E-state index contributed by atoms with van der Waals surface area (Å²) in [5, 5.41) is 8.39. The van der Waals surface area contributed by atoms with Crippen LogP contribution in [0.3, 0.4) is 0 Å². The number of rotatable bonds is 6. The van der Waals surface area contributed by atoms with Crippen LogP contribution >= 0.6 is 11.6 Å². The molecule has 9 nitrogen and oxygen atoms in total. The second kappa shape index (κ2) is 8.77. The molecule has 0 saturated carbocycles. The van der Waals surface area contributed by atoms with Crippen LogP contribution in [0.2, 0.25) is 5.02 Å². The maximum atomic E-state index is 12.7. The van der Waals surface area contributed by atoms with Crippen molar-refractivity contribution in [2.45, 2.75) is 11.6 Å². The van der Waals surface area contributed by atoms with Gasteiger partial charge in [0.15, 0.2) is 6.73 Å². The molecule has 1 aromatic heterocycles. The lowest BCUT2D eigenvalue weighted by molar-refractivity contribution is 0.0337. The first-order valence-corrected chi connectivity index (χ1v) is 11.1. The molecule has 0 unspecified atom stereocenters. The molecule has 0 fully saturated rings. The van der Waals surface area contributed by atoms with E-state index >= 15 is 0 Å². The Hall–Kier alpha value is -3.76. The molecule has 1 N–H and O–H groups in total. The van der Waals surface area contributed by atoms with E-state index in [4.69, 9.17) is 16.3 Å². The van der Waals surface area contributed by atoms with Gasteiger partial charge in [-0.3, -0.25) is 9.52 Å². The number of para-hydroxylation sites is 1. The molecule has 0 bridgehead atoms. The maximum absolute atomic E-state index is 12.7. The molecule has 0 radical (unpaired) electrons. The van der Waals surface area contributed by atoms with Crippen molar-refractivity contribution in [3.05, 3.63) is 93.7 Å². The van der Waals surface area contributed by atoms with Crippen molar-refractivity contribution in [3.8, 4) is 0 Å². The average molecular weight is 471 g/mol. The van der Waals surface area contributed by atoms with Crippen LogP contribution in [0.5, 0.6) is 0 Å². The van der Waals surface area contributed by atoms with Crippen LogP contribution in [-0.2, 0) is 21.5 Å². The lowest BCUT2D eigenvalue weighted by atomic mass is 10.2. The SMILES string of the molecule is O=C(OCn1nnc2ccccc2c1=O)c1ccccc1NS(=O)(=O)c1ccc(Cl)cc1. The van der Waals surface area contributed by atoms with Crippen LogP contribution in [-0.4, -0.2) is 29.4 Å². The van der Waals surface area contributed by atoms with E-state index in [1.807, 2.05) is 0 Å². The molecule has 3 aromatic carbocycles. The molecule has 0 atom stereocenters. The predicted octanol–water partition coefficient (Wildman–Crippen LogP) is 3.06. The summed E-state index contributed by atoms with van der Waals surface area (Å²) in [5.41, 5.74) is -0.0709. The number of nitrogens with zero attached hydrogens (tertiary/aromatic N) is 3. The molecule has 0 aliphatic heterocycles. The van der Waals surface area contributed by atoms with Gasteiger partial charge in [-0.2, -0.15) is 4.68 Å². The summed E-state index contributed by atoms with van der Waals surface area (Å²) in [4.78, 5) is 25.1. The molecule has 162 valence electrons. The molecule has 0 amide bonds. The smallest absolute Gasteiger partial charge is 0.342 e.